The molecule has 0 radical (unpaired) electrons. The van der Waals surface area contributed by atoms with Crippen LogP contribution in [0.3, 0.4) is 0 Å². The van der Waals surface area contributed by atoms with Crippen molar-refractivity contribution in [3.8, 4) is 0 Å². The van der Waals surface area contributed by atoms with Gasteiger partial charge < -0.3 is 0 Å². The lowest BCUT2D eigenvalue weighted by atomic mass is 10.3. The number of rotatable bonds is 0. The number of nitrogens with zero attached hydrogens (tertiary/aromatic N) is 3. The summed E-state index contributed by atoms with van der Waals surface area (Å²) in [6.07, 6.45) is 1.18. The van der Waals surface area contributed by atoms with Gasteiger partial charge in [0, 0.05) is 0 Å². The summed E-state index contributed by atoms with van der Waals surface area (Å²) in [7, 11) is 0. The molecule has 2 heterocycles. The fourth-order valence-electron chi connectivity index (χ4n) is 0.836. The topological polar surface area (TPSA) is 71.2 Å². The van der Waals surface area contributed by atoms with Gasteiger partial charge in [-0.15, -0.1) is 0 Å². The molecule has 2 amide bonds. The van der Waals surface area contributed by atoms with Crippen LogP contribution >= 0.6 is 11.8 Å². The zero-order valence-electron chi connectivity index (χ0n) is 5.85. The fraction of sp³-hybridized carbons (Fsp3) is 0.167. The van der Waals surface area contributed by atoms with Crippen LogP contribution in [-0.2, 0) is 9.59 Å². The molecule has 60 valence electrons. The Labute approximate surface area is 71.7 Å². The Morgan fingerprint density at radius 2 is 2.25 bits per heavy atom. The zero-order chi connectivity index (χ0) is 8.55. The van der Waals surface area contributed by atoms with Crippen LogP contribution in [0.2, 0.25) is 0 Å². The minimum atomic E-state index is -0.486. The van der Waals surface area contributed by atoms with Gasteiger partial charge in [0.1, 0.15) is 11.4 Å². The van der Waals surface area contributed by atoms with Gasteiger partial charge >= 0.3 is 0 Å². The highest BCUT2D eigenvalue weighted by Gasteiger charge is 2.26. The van der Waals surface area contributed by atoms with Crippen LogP contribution in [0.25, 0.3) is 0 Å². The van der Waals surface area contributed by atoms with Crippen molar-refractivity contribution in [3.63, 3.8) is 0 Å². The van der Waals surface area contributed by atoms with E-state index in [2.05, 4.69) is 15.0 Å². The number of fused-ring (bicyclic) bond motifs is 1. The Balaban J connectivity index is 2.48. The Hall–Kier alpha value is -1.30. The molecule has 0 atom stereocenters. The maximum absolute atomic E-state index is 11.0. The first kappa shape index (κ1) is 7.35. The molecule has 0 bridgehead atoms. The summed E-state index contributed by atoms with van der Waals surface area (Å²) in [6, 6.07) is 0. The van der Waals surface area contributed by atoms with Crippen molar-refractivity contribution < 1.29 is 9.59 Å². The van der Waals surface area contributed by atoms with Crippen molar-refractivity contribution in [2.45, 2.75) is 0 Å². The average Bonchev–Trinajstić information content (AvgIpc) is 2.07. The summed E-state index contributed by atoms with van der Waals surface area (Å²) in [6.45, 7) is 0. The van der Waals surface area contributed by atoms with Gasteiger partial charge in [0.05, 0.1) is 5.75 Å². The Morgan fingerprint density at radius 1 is 1.42 bits per heavy atom. The molecule has 0 N–H and O–H groups in total. The highest BCUT2D eigenvalue weighted by Crippen LogP contribution is 2.14. The van der Waals surface area contributed by atoms with Gasteiger partial charge in [0.25, 0.3) is 11.8 Å². The molecule has 6 heteroatoms. The first-order valence-corrected chi connectivity index (χ1v) is 4.15. The van der Waals surface area contributed by atoms with E-state index in [9.17, 15) is 9.59 Å². The standard InChI is InChI=1S/C6H3N3O2S/c10-3-1-12-6-4(9-3)5(11)7-2-8-6/h2H,1H2. The maximum Gasteiger partial charge on any atom is 0.299 e. The molecule has 0 saturated carbocycles. The van der Waals surface area contributed by atoms with Crippen molar-refractivity contribution in [2.24, 2.45) is 15.0 Å². The quantitative estimate of drug-likeness (QED) is 0.513. The second kappa shape index (κ2) is 2.63. The molecule has 2 aliphatic heterocycles. The monoisotopic (exact) mass is 181 g/mol. The minimum absolute atomic E-state index is 0.0822. The van der Waals surface area contributed by atoms with Crippen LogP contribution in [0.4, 0.5) is 0 Å². The third-order valence-corrected chi connectivity index (χ3v) is 2.29. The van der Waals surface area contributed by atoms with E-state index >= 15 is 0 Å². The summed E-state index contributed by atoms with van der Waals surface area (Å²) < 4.78 is 0. The average molecular weight is 181 g/mol. The maximum atomic E-state index is 11.0. The lowest BCUT2D eigenvalue weighted by Crippen LogP contribution is -2.29. The highest BCUT2D eigenvalue weighted by atomic mass is 32.2. The van der Waals surface area contributed by atoms with Crippen molar-refractivity contribution in [1.82, 2.24) is 0 Å². The molecular formula is C6H3N3O2S. The number of carbonyl (C=O) groups is 2. The van der Waals surface area contributed by atoms with Crippen LogP contribution < -0.4 is 0 Å². The Bertz CT molecular complexity index is 356. The normalized spacial score (nSPS) is 21.7. The molecule has 0 aromatic heterocycles. The summed E-state index contributed by atoms with van der Waals surface area (Å²) in [5, 5.41) is 0.495. The van der Waals surface area contributed by atoms with Crippen molar-refractivity contribution in [2.75, 3.05) is 5.75 Å². The third-order valence-electron chi connectivity index (χ3n) is 1.32. The molecule has 0 spiro atoms. The van der Waals surface area contributed by atoms with E-state index < -0.39 is 5.91 Å². The van der Waals surface area contributed by atoms with Gasteiger partial charge in [-0.05, 0) is 0 Å². The molecule has 12 heavy (non-hydrogen) atoms. The number of thioether (sulfide) groups is 1. The van der Waals surface area contributed by atoms with Gasteiger partial charge in [-0.3, -0.25) is 9.59 Å². The highest BCUT2D eigenvalue weighted by molar-refractivity contribution is 8.16. The van der Waals surface area contributed by atoms with Crippen LogP contribution in [0.1, 0.15) is 0 Å². The molecule has 2 aliphatic rings. The number of hydrogen-bond donors (Lipinski definition) is 0. The summed E-state index contributed by atoms with van der Waals surface area (Å²) in [5.74, 6) is -0.538. The molecule has 0 aromatic rings. The number of amides is 2. The number of aliphatic imine (C=N–C) groups is 3. The predicted molar refractivity (Wildman–Crippen MR) is 45.8 cm³/mol. The van der Waals surface area contributed by atoms with E-state index in [1.54, 1.807) is 0 Å². The van der Waals surface area contributed by atoms with Gasteiger partial charge in [-0.1, -0.05) is 11.8 Å². The lowest BCUT2D eigenvalue weighted by molar-refractivity contribution is -0.116. The van der Waals surface area contributed by atoms with E-state index in [-0.39, 0.29) is 17.4 Å². The van der Waals surface area contributed by atoms with Gasteiger partial charge in [-0.2, -0.15) is 4.99 Å². The van der Waals surface area contributed by atoms with Crippen molar-refractivity contribution in [1.29, 1.82) is 0 Å². The molecule has 0 fully saturated rings. The second-order valence-corrected chi connectivity index (χ2v) is 3.09. The molecule has 0 saturated heterocycles. The van der Waals surface area contributed by atoms with E-state index in [1.165, 1.54) is 18.1 Å². The first-order valence-electron chi connectivity index (χ1n) is 3.17. The smallest absolute Gasteiger partial charge is 0.272 e. The van der Waals surface area contributed by atoms with Gasteiger partial charge in [-0.25, -0.2) is 9.98 Å². The van der Waals surface area contributed by atoms with Crippen LogP contribution in [0.5, 0.6) is 0 Å². The third kappa shape index (κ3) is 1.10. The van der Waals surface area contributed by atoms with Crippen LogP contribution in [0, 0.1) is 0 Å². The van der Waals surface area contributed by atoms with E-state index in [4.69, 9.17) is 0 Å². The first-order chi connectivity index (χ1) is 5.77. The van der Waals surface area contributed by atoms with E-state index in [0.29, 0.717) is 5.04 Å². The molecule has 0 unspecified atom stereocenters. The molecule has 2 rings (SSSR count). The zero-order valence-corrected chi connectivity index (χ0v) is 6.67. The van der Waals surface area contributed by atoms with Crippen LogP contribution in [0.15, 0.2) is 15.0 Å². The summed E-state index contributed by atoms with van der Waals surface area (Å²) in [5.41, 5.74) is 0.0822. The molecule has 0 aromatic carbocycles. The van der Waals surface area contributed by atoms with Crippen molar-refractivity contribution in [3.05, 3.63) is 0 Å². The summed E-state index contributed by atoms with van der Waals surface area (Å²) >= 11 is 1.22. The fourth-order valence-corrected chi connectivity index (χ4v) is 1.55. The van der Waals surface area contributed by atoms with Crippen molar-refractivity contribution >= 4 is 40.7 Å². The molecule has 5 nitrogen and oxygen atoms in total. The second-order valence-electron chi connectivity index (χ2n) is 2.13. The van der Waals surface area contributed by atoms with E-state index in [1.807, 2.05) is 0 Å². The minimum Gasteiger partial charge on any atom is -0.272 e. The SMILES string of the molecule is O=C1CSC2=NC=NC(=O)C2=N1. The largest absolute Gasteiger partial charge is 0.299 e. The number of hydrogen-bond acceptors (Lipinski definition) is 4. The van der Waals surface area contributed by atoms with Crippen LogP contribution in [-0.4, -0.2) is 34.7 Å². The summed E-state index contributed by atoms with van der Waals surface area (Å²) in [4.78, 5) is 32.6. The Kier molecular flexibility index (Phi) is 1.61. The van der Waals surface area contributed by atoms with Gasteiger partial charge in [0.15, 0.2) is 5.71 Å². The number of carbonyl (C=O) groups excluding carboxylic acids is 2. The van der Waals surface area contributed by atoms with Gasteiger partial charge in [0.2, 0.25) is 0 Å². The van der Waals surface area contributed by atoms with E-state index in [0.717, 1.165) is 0 Å². The predicted octanol–water partition coefficient (Wildman–Crippen LogP) is -0.332. The molecule has 0 aliphatic carbocycles. The Morgan fingerprint density at radius 3 is 3.08 bits per heavy atom. The lowest BCUT2D eigenvalue weighted by Gasteiger charge is -2.11. The molecular weight excluding hydrogens is 178 g/mol.